The molecule has 0 aliphatic rings. The molecule has 1 heterocycles. The smallest absolute Gasteiger partial charge is 0.242 e. The zero-order chi connectivity index (χ0) is 15.6. The first-order valence-corrected chi connectivity index (χ1v) is 8.61. The van der Waals surface area contributed by atoms with Crippen molar-refractivity contribution in [1.29, 1.82) is 0 Å². The molecule has 2 aromatic rings. The standard InChI is InChI=1S/C14H16FNO3S2/c1-9(11-3-5-12(15)6-4-11)16-21(18,19)14-7-13(8-17)20-10(14)2/h3-7,9,16-17H,8H2,1-2H3. The maximum atomic E-state index is 12.9. The monoisotopic (exact) mass is 329 g/mol. The summed E-state index contributed by atoms with van der Waals surface area (Å²) in [6, 6.07) is 6.66. The van der Waals surface area contributed by atoms with Crippen LogP contribution in [0.1, 0.15) is 28.3 Å². The largest absolute Gasteiger partial charge is 0.391 e. The first kappa shape index (κ1) is 16.1. The van der Waals surface area contributed by atoms with Crippen LogP contribution in [0.4, 0.5) is 4.39 Å². The van der Waals surface area contributed by atoms with Crippen LogP contribution in [0.15, 0.2) is 35.2 Å². The third-order valence-electron chi connectivity index (χ3n) is 3.07. The van der Waals surface area contributed by atoms with Crippen molar-refractivity contribution in [2.75, 3.05) is 0 Å². The van der Waals surface area contributed by atoms with E-state index in [1.165, 1.54) is 29.5 Å². The number of aryl methyl sites for hydroxylation is 1. The zero-order valence-corrected chi connectivity index (χ0v) is 13.3. The van der Waals surface area contributed by atoms with Gasteiger partial charge in [0.15, 0.2) is 0 Å². The summed E-state index contributed by atoms with van der Waals surface area (Å²) in [5.41, 5.74) is 0.676. The Labute approximate surface area is 127 Å². The topological polar surface area (TPSA) is 66.4 Å². The molecule has 0 bridgehead atoms. The van der Waals surface area contributed by atoms with Gasteiger partial charge in [-0.25, -0.2) is 17.5 Å². The van der Waals surface area contributed by atoms with E-state index in [0.29, 0.717) is 15.3 Å². The highest BCUT2D eigenvalue weighted by atomic mass is 32.2. The quantitative estimate of drug-likeness (QED) is 0.886. The summed E-state index contributed by atoms with van der Waals surface area (Å²) in [4.78, 5) is 1.39. The van der Waals surface area contributed by atoms with E-state index in [0.717, 1.165) is 0 Å². The number of thiophene rings is 1. The van der Waals surface area contributed by atoms with Gasteiger partial charge in [0, 0.05) is 15.8 Å². The Morgan fingerprint density at radius 1 is 1.33 bits per heavy atom. The van der Waals surface area contributed by atoms with E-state index in [4.69, 9.17) is 5.11 Å². The fraction of sp³-hybridized carbons (Fsp3) is 0.286. The molecule has 0 spiro atoms. The molecule has 0 fully saturated rings. The van der Waals surface area contributed by atoms with E-state index >= 15 is 0 Å². The summed E-state index contributed by atoms with van der Waals surface area (Å²) in [6.07, 6.45) is 0. The molecule has 0 aliphatic heterocycles. The van der Waals surface area contributed by atoms with E-state index in [2.05, 4.69) is 4.72 Å². The average molecular weight is 329 g/mol. The zero-order valence-electron chi connectivity index (χ0n) is 11.6. The summed E-state index contributed by atoms with van der Waals surface area (Å²) < 4.78 is 40.2. The van der Waals surface area contributed by atoms with E-state index < -0.39 is 16.1 Å². The van der Waals surface area contributed by atoms with Gasteiger partial charge >= 0.3 is 0 Å². The second kappa shape index (κ2) is 6.23. The number of nitrogens with one attached hydrogen (secondary N) is 1. The Kier molecular flexibility index (Phi) is 4.77. The predicted molar refractivity (Wildman–Crippen MR) is 80.1 cm³/mol. The first-order valence-electron chi connectivity index (χ1n) is 6.31. The van der Waals surface area contributed by atoms with E-state index in [1.807, 2.05) is 0 Å². The number of rotatable bonds is 5. The molecule has 114 valence electrons. The molecule has 1 aromatic carbocycles. The highest BCUT2D eigenvalue weighted by Gasteiger charge is 2.22. The Hall–Kier alpha value is -1.28. The van der Waals surface area contributed by atoms with Crippen LogP contribution in [-0.2, 0) is 16.6 Å². The molecule has 0 radical (unpaired) electrons. The second-order valence-electron chi connectivity index (χ2n) is 4.69. The SMILES string of the molecule is Cc1sc(CO)cc1S(=O)(=O)NC(C)c1ccc(F)cc1. The lowest BCUT2D eigenvalue weighted by atomic mass is 10.1. The molecule has 1 atom stereocenters. The predicted octanol–water partition coefficient (Wildman–Crippen LogP) is 2.73. The third kappa shape index (κ3) is 3.68. The van der Waals surface area contributed by atoms with Crippen molar-refractivity contribution in [3.8, 4) is 0 Å². The minimum absolute atomic E-state index is 0.172. The maximum Gasteiger partial charge on any atom is 0.242 e. The Morgan fingerprint density at radius 3 is 2.48 bits per heavy atom. The Morgan fingerprint density at radius 2 is 1.95 bits per heavy atom. The summed E-state index contributed by atoms with van der Waals surface area (Å²) >= 11 is 1.25. The summed E-state index contributed by atoms with van der Waals surface area (Å²) in [6.45, 7) is 3.20. The van der Waals surface area contributed by atoms with Crippen molar-refractivity contribution in [2.45, 2.75) is 31.4 Å². The molecule has 2 rings (SSSR count). The first-order chi connectivity index (χ1) is 9.83. The minimum Gasteiger partial charge on any atom is -0.391 e. The molecule has 0 amide bonds. The van der Waals surface area contributed by atoms with Gasteiger partial charge in [0.25, 0.3) is 0 Å². The van der Waals surface area contributed by atoms with Crippen LogP contribution in [0.25, 0.3) is 0 Å². The van der Waals surface area contributed by atoms with Crippen LogP contribution in [0.3, 0.4) is 0 Å². The lowest BCUT2D eigenvalue weighted by Gasteiger charge is -2.14. The van der Waals surface area contributed by atoms with Gasteiger partial charge in [-0.15, -0.1) is 11.3 Å². The molecule has 0 aliphatic carbocycles. The number of aliphatic hydroxyl groups excluding tert-OH is 1. The summed E-state index contributed by atoms with van der Waals surface area (Å²) in [5, 5.41) is 9.09. The Bertz CT molecular complexity index is 723. The van der Waals surface area contributed by atoms with E-state index in [9.17, 15) is 12.8 Å². The second-order valence-corrected chi connectivity index (χ2v) is 7.71. The number of halogens is 1. The summed E-state index contributed by atoms with van der Waals surface area (Å²) in [7, 11) is -3.68. The van der Waals surface area contributed by atoms with Crippen LogP contribution >= 0.6 is 11.3 Å². The van der Waals surface area contributed by atoms with Crippen molar-refractivity contribution in [3.05, 3.63) is 51.5 Å². The van der Waals surface area contributed by atoms with Crippen molar-refractivity contribution in [1.82, 2.24) is 4.72 Å². The minimum atomic E-state index is -3.68. The highest BCUT2D eigenvalue weighted by Crippen LogP contribution is 2.27. The van der Waals surface area contributed by atoms with Gasteiger partial charge in [0.05, 0.1) is 11.5 Å². The fourth-order valence-corrected chi connectivity index (χ4v) is 4.71. The van der Waals surface area contributed by atoms with Gasteiger partial charge in [-0.2, -0.15) is 0 Å². The van der Waals surface area contributed by atoms with Gasteiger partial charge in [-0.05, 0) is 37.6 Å². The maximum absolute atomic E-state index is 12.9. The number of hydrogen-bond donors (Lipinski definition) is 2. The summed E-state index contributed by atoms with van der Waals surface area (Å²) in [5.74, 6) is -0.366. The molecular weight excluding hydrogens is 313 g/mol. The third-order valence-corrected chi connectivity index (χ3v) is 5.90. The van der Waals surface area contributed by atoms with E-state index in [-0.39, 0.29) is 17.3 Å². The average Bonchev–Trinajstić information content (AvgIpc) is 2.81. The van der Waals surface area contributed by atoms with Gasteiger partial charge in [-0.1, -0.05) is 12.1 Å². The molecule has 2 N–H and O–H groups in total. The van der Waals surface area contributed by atoms with Crippen molar-refractivity contribution >= 4 is 21.4 Å². The van der Waals surface area contributed by atoms with Crippen molar-refractivity contribution in [2.24, 2.45) is 0 Å². The number of aliphatic hydroxyl groups is 1. The van der Waals surface area contributed by atoms with Crippen LogP contribution in [0, 0.1) is 12.7 Å². The number of sulfonamides is 1. The van der Waals surface area contributed by atoms with E-state index in [1.54, 1.807) is 26.0 Å². The van der Waals surface area contributed by atoms with Crippen LogP contribution in [0.2, 0.25) is 0 Å². The van der Waals surface area contributed by atoms with Crippen molar-refractivity contribution in [3.63, 3.8) is 0 Å². The lowest BCUT2D eigenvalue weighted by molar-refractivity contribution is 0.285. The number of benzene rings is 1. The van der Waals surface area contributed by atoms with Crippen molar-refractivity contribution < 1.29 is 17.9 Å². The van der Waals surface area contributed by atoms with Gasteiger partial charge in [-0.3, -0.25) is 0 Å². The van der Waals surface area contributed by atoms with Gasteiger partial charge in [0.2, 0.25) is 10.0 Å². The van der Waals surface area contributed by atoms with Crippen LogP contribution in [-0.4, -0.2) is 13.5 Å². The molecule has 1 unspecified atom stereocenters. The molecule has 4 nitrogen and oxygen atoms in total. The molecular formula is C14H16FNO3S2. The van der Waals surface area contributed by atoms with Crippen LogP contribution < -0.4 is 4.72 Å². The molecule has 7 heteroatoms. The molecule has 1 aromatic heterocycles. The number of hydrogen-bond acceptors (Lipinski definition) is 4. The van der Waals surface area contributed by atoms with Crippen LogP contribution in [0.5, 0.6) is 0 Å². The lowest BCUT2D eigenvalue weighted by Crippen LogP contribution is -2.27. The normalized spacial score (nSPS) is 13.3. The van der Waals surface area contributed by atoms with Gasteiger partial charge in [0.1, 0.15) is 5.82 Å². The Balaban J connectivity index is 2.24. The van der Waals surface area contributed by atoms with Gasteiger partial charge < -0.3 is 5.11 Å². The molecule has 0 saturated carbocycles. The molecule has 0 saturated heterocycles. The highest BCUT2D eigenvalue weighted by molar-refractivity contribution is 7.89. The molecule has 21 heavy (non-hydrogen) atoms. The fourth-order valence-electron chi connectivity index (χ4n) is 1.98.